The van der Waals surface area contributed by atoms with Crippen molar-refractivity contribution in [2.24, 2.45) is 4.99 Å². The molecule has 0 bridgehead atoms. The van der Waals surface area contributed by atoms with Gasteiger partial charge in [0.05, 0.1) is 7.11 Å². The monoisotopic (exact) mass is 347 g/mol. The summed E-state index contributed by atoms with van der Waals surface area (Å²) in [6.07, 6.45) is 0.754. The van der Waals surface area contributed by atoms with Gasteiger partial charge in [-0.05, 0) is 54.3 Å². The molecule has 4 nitrogen and oxygen atoms in total. The first-order valence-electron chi connectivity index (χ1n) is 8.05. The molecule has 25 heavy (non-hydrogen) atoms. The van der Waals surface area contributed by atoms with Crippen LogP contribution in [0.1, 0.15) is 16.7 Å². The van der Waals surface area contributed by atoms with Crippen molar-refractivity contribution in [1.29, 1.82) is 0 Å². The number of halogens is 2. The summed E-state index contributed by atoms with van der Waals surface area (Å²) in [4.78, 5) is 4.14. The number of ether oxygens (including phenoxy) is 1. The number of nitrogens with one attached hydrogen (secondary N) is 2. The third-order valence-electron chi connectivity index (χ3n) is 3.89. The Hall–Kier alpha value is -2.63. The van der Waals surface area contributed by atoms with Crippen molar-refractivity contribution in [2.45, 2.75) is 19.9 Å². The number of aryl methyl sites for hydroxylation is 1. The molecule has 0 saturated heterocycles. The molecule has 2 rings (SSSR count). The summed E-state index contributed by atoms with van der Waals surface area (Å²) < 4.78 is 31.7. The van der Waals surface area contributed by atoms with Gasteiger partial charge in [-0.15, -0.1) is 0 Å². The lowest BCUT2D eigenvalue weighted by atomic mass is 10.1. The Labute approximate surface area is 146 Å². The number of aliphatic imine (C=N–C) groups is 1. The second kappa shape index (κ2) is 9.01. The number of hydrogen-bond donors (Lipinski definition) is 2. The van der Waals surface area contributed by atoms with Crippen LogP contribution >= 0.6 is 0 Å². The minimum Gasteiger partial charge on any atom is -0.494 e. The fourth-order valence-corrected chi connectivity index (χ4v) is 2.48. The molecule has 0 spiro atoms. The van der Waals surface area contributed by atoms with E-state index in [0.717, 1.165) is 23.1 Å². The van der Waals surface area contributed by atoms with Crippen LogP contribution in [-0.2, 0) is 13.0 Å². The van der Waals surface area contributed by atoms with Gasteiger partial charge >= 0.3 is 0 Å². The van der Waals surface area contributed by atoms with Crippen LogP contribution in [0.3, 0.4) is 0 Å². The zero-order valence-electron chi connectivity index (χ0n) is 14.7. The van der Waals surface area contributed by atoms with Gasteiger partial charge in [0, 0.05) is 20.1 Å². The lowest BCUT2D eigenvalue weighted by Crippen LogP contribution is -2.37. The van der Waals surface area contributed by atoms with Gasteiger partial charge in [-0.3, -0.25) is 4.99 Å². The van der Waals surface area contributed by atoms with Crippen LogP contribution in [0.5, 0.6) is 5.75 Å². The highest BCUT2D eigenvalue weighted by Gasteiger charge is 2.05. The fraction of sp³-hybridized carbons (Fsp3) is 0.316. The second-order valence-corrected chi connectivity index (χ2v) is 5.64. The molecular formula is C19H23F2N3O. The molecule has 0 atom stereocenters. The highest BCUT2D eigenvalue weighted by atomic mass is 19.1. The Balaban J connectivity index is 1.83. The second-order valence-electron chi connectivity index (χ2n) is 5.64. The van der Waals surface area contributed by atoms with E-state index in [9.17, 15) is 8.78 Å². The SMILES string of the molecule is CN=C(NCCc1ccc(F)cc1C)NCc1ccc(OC)c(F)c1. The van der Waals surface area contributed by atoms with Gasteiger partial charge in [-0.1, -0.05) is 12.1 Å². The molecule has 0 unspecified atom stereocenters. The maximum atomic E-state index is 13.7. The largest absolute Gasteiger partial charge is 0.494 e. The molecule has 0 saturated carbocycles. The fourth-order valence-electron chi connectivity index (χ4n) is 2.48. The van der Waals surface area contributed by atoms with E-state index < -0.39 is 5.82 Å². The molecule has 0 aliphatic carbocycles. The molecule has 0 amide bonds. The Morgan fingerprint density at radius 2 is 1.92 bits per heavy atom. The van der Waals surface area contributed by atoms with Gasteiger partial charge in [0.1, 0.15) is 5.82 Å². The summed E-state index contributed by atoms with van der Waals surface area (Å²) in [5, 5.41) is 6.33. The van der Waals surface area contributed by atoms with E-state index in [0.29, 0.717) is 19.0 Å². The quantitative estimate of drug-likeness (QED) is 0.623. The normalized spacial score (nSPS) is 11.3. The third-order valence-corrected chi connectivity index (χ3v) is 3.89. The van der Waals surface area contributed by atoms with E-state index in [1.807, 2.05) is 6.92 Å². The smallest absolute Gasteiger partial charge is 0.191 e. The van der Waals surface area contributed by atoms with E-state index in [2.05, 4.69) is 15.6 Å². The summed E-state index contributed by atoms with van der Waals surface area (Å²) in [7, 11) is 3.11. The average molecular weight is 347 g/mol. The van der Waals surface area contributed by atoms with E-state index in [1.54, 1.807) is 25.2 Å². The Kier molecular flexibility index (Phi) is 6.74. The molecule has 6 heteroatoms. The van der Waals surface area contributed by atoms with E-state index in [1.165, 1.54) is 25.3 Å². The van der Waals surface area contributed by atoms with Gasteiger partial charge in [0.2, 0.25) is 0 Å². The summed E-state index contributed by atoms with van der Waals surface area (Å²) in [6.45, 7) is 2.99. The zero-order valence-corrected chi connectivity index (χ0v) is 14.7. The van der Waals surface area contributed by atoms with Crippen LogP contribution < -0.4 is 15.4 Å². The Morgan fingerprint density at radius 1 is 1.12 bits per heavy atom. The van der Waals surface area contributed by atoms with Crippen molar-refractivity contribution in [3.8, 4) is 5.75 Å². The van der Waals surface area contributed by atoms with Crippen LogP contribution in [0, 0.1) is 18.6 Å². The number of hydrogen-bond acceptors (Lipinski definition) is 2. The number of guanidine groups is 1. The Morgan fingerprint density at radius 3 is 2.56 bits per heavy atom. The van der Waals surface area contributed by atoms with E-state index in [4.69, 9.17) is 4.74 Å². The summed E-state index contributed by atoms with van der Waals surface area (Å²) in [5.74, 6) is 0.229. The molecule has 0 radical (unpaired) electrons. The molecule has 0 aliphatic rings. The molecule has 0 heterocycles. The molecular weight excluding hydrogens is 324 g/mol. The van der Waals surface area contributed by atoms with Gasteiger partial charge < -0.3 is 15.4 Å². The molecule has 2 N–H and O–H groups in total. The predicted octanol–water partition coefficient (Wildman–Crippen LogP) is 3.19. The standard InChI is InChI=1S/C19H23F2N3O/c1-13-10-16(20)6-5-15(13)8-9-23-19(22-2)24-12-14-4-7-18(25-3)17(21)11-14/h4-7,10-11H,8-9,12H2,1-3H3,(H2,22,23,24). The number of benzene rings is 2. The first-order chi connectivity index (χ1) is 12.0. The van der Waals surface area contributed by atoms with Gasteiger partial charge in [-0.2, -0.15) is 0 Å². The van der Waals surface area contributed by atoms with Crippen molar-refractivity contribution in [3.63, 3.8) is 0 Å². The Bertz CT molecular complexity index is 747. The summed E-state index contributed by atoms with van der Waals surface area (Å²) in [5.41, 5.74) is 2.80. The minimum atomic E-state index is -0.392. The summed E-state index contributed by atoms with van der Waals surface area (Å²) in [6, 6.07) is 9.61. The molecule has 0 aromatic heterocycles. The van der Waals surface area contributed by atoms with Crippen molar-refractivity contribution in [1.82, 2.24) is 10.6 Å². The van der Waals surface area contributed by atoms with Crippen LogP contribution in [-0.4, -0.2) is 26.7 Å². The summed E-state index contributed by atoms with van der Waals surface area (Å²) >= 11 is 0. The van der Waals surface area contributed by atoms with Crippen LogP contribution in [0.25, 0.3) is 0 Å². The maximum Gasteiger partial charge on any atom is 0.191 e. The molecule has 2 aromatic rings. The lowest BCUT2D eigenvalue weighted by molar-refractivity contribution is 0.386. The van der Waals surface area contributed by atoms with Gasteiger partial charge in [0.25, 0.3) is 0 Å². The van der Waals surface area contributed by atoms with Crippen molar-refractivity contribution >= 4 is 5.96 Å². The van der Waals surface area contributed by atoms with Crippen molar-refractivity contribution < 1.29 is 13.5 Å². The topological polar surface area (TPSA) is 45.7 Å². The zero-order chi connectivity index (χ0) is 18.2. The van der Waals surface area contributed by atoms with Crippen LogP contribution in [0.4, 0.5) is 8.78 Å². The van der Waals surface area contributed by atoms with Crippen molar-refractivity contribution in [2.75, 3.05) is 20.7 Å². The van der Waals surface area contributed by atoms with Crippen LogP contribution in [0.15, 0.2) is 41.4 Å². The number of methoxy groups -OCH3 is 1. The molecule has 2 aromatic carbocycles. The van der Waals surface area contributed by atoms with E-state index >= 15 is 0 Å². The molecule has 0 aliphatic heterocycles. The maximum absolute atomic E-state index is 13.7. The van der Waals surface area contributed by atoms with Gasteiger partial charge in [0.15, 0.2) is 17.5 Å². The first-order valence-corrected chi connectivity index (χ1v) is 8.05. The molecule has 134 valence electrons. The lowest BCUT2D eigenvalue weighted by Gasteiger charge is -2.13. The predicted molar refractivity (Wildman–Crippen MR) is 96.0 cm³/mol. The first kappa shape index (κ1) is 18.7. The highest BCUT2D eigenvalue weighted by Crippen LogP contribution is 2.17. The highest BCUT2D eigenvalue weighted by molar-refractivity contribution is 5.79. The van der Waals surface area contributed by atoms with Gasteiger partial charge in [-0.25, -0.2) is 8.78 Å². The number of nitrogens with zero attached hydrogens (tertiary/aromatic N) is 1. The number of rotatable bonds is 6. The van der Waals surface area contributed by atoms with Crippen LogP contribution in [0.2, 0.25) is 0 Å². The minimum absolute atomic E-state index is 0.223. The average Bonchev–Trinajstić information content (AvgIpc) is 2.59. The third kappa shape index (κ3) is 5.45. The van der Waals surface area contributed by atoms with Crippen molar-refractivity contribution in [3.05, 3.63) is 64.7 Å². The molecule has 0 fully saturated rings. The van der Waals surface area contributed by atoms with E-state index in [-0.39, 0.29) is 11.6 Å².